The van der Waals surface area contributed by atoms with Crippen molar-refractivity contribution in [3.05, 3.63) is 47.8 Å². The number of hydrogen-bond acceptors (Lipinski definition) is 6. The third-order valence-corrected chi connectivity index (χ3v) is 5.20. The molecule has 2 fully saturated rings. The van der Waals surface area contributed by atoms with Gasteiger partial charge in [0.25, 0.3) is 5.91 Å². The zero-order valence-corrected chi connectivity index (χ0v) is 15.2. The van der Waals surface area contributed by atoms with E-state index in [0.29, 0.717) is 31.5 Å². The monoisotopic (exact) mass is 382 g/mol. The molecular formula is C19H19FN6O2. The van der Waals surface area contributed by atoms with Gasteiger partial charge in [0.2, 0.25) is 5.88 Å². The van der Waals surface area contributed by atoms with Gasteiger partial charge in [0.15, 0.2) is 11.5 Å². The van der Waals surface area contributed by atoms with Crippen LogP contribution in [-0.4, -0.2) is 55.3 Å². The van der Waals surface area contributed by atoms with Gasteiger partial charge < -0.3 is 9.64 Å². The normalized spacial score (nSPS) is 19.3. The Labute approximate surface area is 160 Å². The van der Waals surface area contributed by atoms with E-state index in [0.717, 1.165) is 36.9 Å². The molecule has 144 valence electrons. The van der Waals surface area contributed by atoms with E-state index < -0.39 is 5.82 Å². The Hall–Kier alpha value is -3.10. The van der Waals surface area contributed by atoms with E-state index in [1.807, 2.05) is 6.07 Å². The van der Waals surface area contributed by atoms with E-state index in [2.05, 4.69) is 20.3 Å². The van der Waals surface area contributed by atoms with Gasteiger partial charge in [0.05, 0.1) is 18.4 Å². The highest BCUT2D eigenvalue weighted by Crippen LogP contribution is 2.38. The zero-order chi connectivity index (χ0) is 19.1. The number of rotatable bonds is 5. The van der Waals surface area contributed by atoms with Crippen molar-refractivity contribution in [1.82, 2.24) is 29.7 Å². The average Bonchev–Trinajstić information content (AvgIpc) is 3.29. The van der Waals surface area contributed by atoms with Gasteiger partial charge in [-0.3, -0.25) is 9.78 Å². The lowest BCUT2D eigenvalue weighted by Crippen LogP contribution is -2.29. The van der Waals surface area contributed by atoms with Gasteiger partial charge in [-0.1, -0.05) is 0 Å². The van der Waals surface area contributed by atoms with Gasteiger partial charge in [-0.25, -0.2) is 4.39 Å². The number of likely N-dealkylation sites (tertiary alicyclic amines) is 1. The first-order chi connectivity index (χ1) is 13.7. The standard InChI is InChI=1S/C19H19FN6O2/c20-15-7-14(8-21-9-15)19(27)25-6-5-12(10-25)11-28-17-4-3-16-22-23-18(13-1-2-13)26(16)24-17/h3-4,7-9,12-13H,1-2,5-6,10-11H2. The molecule has 1 aliphatic heterocycles. The van der Waals surface area contributed by atoms with Crippen LogP contribution in [0.4, 0.5) is 4.39 Å². The Bertz CT molecular complexity index is 1030. The average molecular weight is 382 g/mol. The fraction of sp³-hybridized carbons (Fsp3) is 0.421. The summed E-state index contributed by atoms with van der Waals surface area (Å²) in [6.07, 6.45) is 5.56. The van der Waals surface area contributed by atoms with Crippen LogP contribution in [0.1, 0.15) is 41.4 Å². The Balaban J connectivity index is 1.21. The summed E-state index contributed by atoms with van der Waals surface area (Å²) in [6, 6.07) is 4.86. The zero-order valence-electron chi connectivity index (χ0n) is 15.2. The summed E-state index contributed by atoms with van der Waals surface area (Å²) >= 11 is 0. The minimum Gasteiger partial charge on any atom is -0.476 e. The molecule has 0 radical (unpaired) electrons. The lowest BCUT2D eigenvalue weighted by atomic mass is 10.1. The number of carbonyl (C=O) groups excluding carboxylic acids is 1. The molecule has 1 saturated carbocycles. The summed E-state index contributed by atoms with van der Waals surface area (Å²) < 4.78 is 20.9. The Morgan fingerprint density at radius 3 is 2.93 bits per heavy atom. The largest absolute Gasteiger partial charge is 0.476 e. The van der Waals surface area contributed by atoms with E-state index in [1.165, 1.54) is 12.3 Å². The van der Waals surface area contributed by atoms with Crippen LogP contribution in [-0.2, 0) is 0 Å². The highest BCUT2D eigenvalue weighted by Gasteiger charge is 2.30. The number of aromatic nitrogens is 5. The van der Waals surface area contributed by atoms with E-state index in [4.69, 9.17) is 4.74 Å². The topological polar surface area (TPSA) is 85.5 Å². The highest BCUT2D eigenvalue weighted by atomic mass is 19.1. The molecule has 1 saturated heterocycles. The van der Waals surface area contributed by atoms with Crippen LogP contribution in [0.5, 0.6) is 5.88 Å². The molecule has 3 aromatic rings. The number of amides is 1. The van der Waals surface area contributed by atoms with Gasteiger partial charge in [-0.05, 0) is 31.4 Å². The summed E-state index contributed by atoms with van der Waals surface area (Å²) in [7, 11) is 0. The molecule has 5 rings (SSSR count). The minimum absolute atomic E-state index is 0.201. The van der Waals surface area contributed by atoms with Crippen LogP contribution in [0.3, 0.4) is 0 Å². The summed E-state index contributed by atoms with van der Waals surface area (Å²) in [5.41, 5.74) is 0.990. The van der Waals surface area contributed by atoms with Crippen molar-refractivity contribution in [3.8, 4) is 5.88 Å². The van der Waals surface area contributed by atoms with Crippen molar-refractivity contribution in [2.75, 3.05) is 19.7 Å². The third kappa shape index (κ3) is 3.28. The van der Waals surface area contributed by atoms with E-state index in [9.17, 15) is 9.18 Å². The smallest absolute Gasteiger partial charge is 0.255 e. The van der Waals surface area contributed by atoms with E-state index in [1.54, 1.807) is 15.5 Å². The molecule has 1 aliphatic carbocycles. The molecule has 3 aromatic heterocycles. The summed E-state index contributed by atoms with van der Waals surface area (Å²) in [6.45, 7) is 1.65. The molecule has 0 bridgehead atoms. The molecule has 8 nitrogen and oxygen atoms in total. The Morgan fingerprint density at radius 1 is 1.21 bits per heavy atom. The molecule has 28 heavy (non-hydrogen) atoms. The predicted octanol–water partition coefficient (Wildman–Crippen LogP) is 2.08. The van der Waals surface area contributed by atoms with Crippen LogP contribution < -0.4 is 4.74 Å². The molecule has 4 heterocycles. The van der Waals surface area contributed by atoms with Gasteiger partial charge in [-0.2, -0.15) is 4.52 Å². The maximum Gasteiger partial charge on any atom is 0.255 e. The second-order valence-electron chi connectivity index (χ2n) is 7.38. The molecule has 0 aromatic carbocycles. The fourth-order valence-corrected chi connectivity index (χ4v) is 3.53. The summed E-state index contributed by atoms with van der Waals surface area (Å²) in [4.78, 5) is 18.0. The molecule has 2 aliphatic rings. The molecule has 0 N–H and O–H groups in total. The second-order valence-corrected chi connectivity index (χ2v) is 7.38. The number of halogens is 1. The quantitative estimate of drug-likeness (QED) is 0.672. The van der Waals surface area contributed by atoms with Gasteiger partial charge in [0.1, 0.15) is 5.82 Å². The van der Waals surface area contributed by atoms with Crippen LogP contribution in [0.15, 0.2) is 30.6 Å². The SMILES string of the molecule is O=C(c1cncc(F)c1)N1CCC(COc2ccc3nnc(C4CC4)n3n2)C1. The Kier molecular flexibility index (Phi) is 4.14. The molecular weight excluding hydrogens is 363 g/mol. The van der Waals surface area contributed by atoms with Gasteiger partial charge in [-0.15, -0.1) is 15.3 Å². The van der Waals surface area contributed by atoms with Crippen LogP contribution in [0.25, 0.3) is 5.65 Å². The van der Waals surface area contributed by atoms with Crippen molar-refractivity contribution >= 4 is 11.6 Å². The van der Waals surface area contributed by atoms with E-state index >= 15 is 0 Å². The number of fused-ring (bicyclic) bond motifs is 1. The van der Waals surface area contributed by atoms with Crippen molar-refractivity contribution in [1.29, 1.82) is 0 Å². The maximum atomic E-state index is 13.3. The second kappa shape index (κ2) is 6.81. The molecule has 9 heteroatoms. The first-order valence-electron chi connectivity index (χ1n) is 9.42. The number of carbonyl (C=O) groups is 1. The van der Waals surface area contributed by atoms with Crippen molar-refractivity contribution < 1.29 is 13.9 Å². The number of hydrogen-bond donors (Lipinski definition) is 0. The fourth-order valence-electron chi connectivity index (χ4n) is 3.53. The van der Waals surface area contributed by atoms with Crippen LogP contribution in [0, 0.1) is 11.7 Å². The van der Waals surface area contributed by atoms with Gasteiger partial charge >= 0.3 is 0 Å². The molecule has 1 unspecified atom stereocenters. The Morgan fingerprint density at radius 2 is 2.11 bits per heavy atom. The van der Waals surface area contributed by atoms with Crippen LogP contribution >= 0.6 is 0 Å². The van der Waals surface area contributed by atoms with Crippen molar-refractivity contribution in [2.24, 2.45) is 5.92 Å². The minimum atomic E-state index is -0.508. The molecule has 1 atom stereocenters. The molecule has 0 spiro atoms. The van der Waals surface area contributed by atoms with Crippen molar-refractivity contribution in [2.45, 2.75) is 25.2 Å². The lowest BCUT2D eigenvalue weighted by Gasteiger charge is -2.16. The number of nitrogens with zero attached hydrogens (tertiary/aromatic N) is 6. The maximum absolute atomic E-state index is 13.3. The first kappa shape index (κ1) is 17.0. The highest BCUT2D eigenvalue weighted by molar-refractivity contribution is 5.94. The first-order valence-corrected chi connectivity index (χ1v) is 9.42. The number of pyridine rings is 1. The summed E-state index contributed by atoms with van der Waals surface area (Å²) in [5.74, 6) is 1.35. The predicted molar refractivity (Wildman–Crippen MR) is 96.5 cm³/mol. The third-order valence-electron chi connectivity index (χ3n) is 5.20. The summed E-state index contributed by atoms with van der Waals surface area (Å²) in [5, 5.41) is 12.9. The van der Waals surface area contributed by atoms with Gasteiger partial charge in [0, 0.05) is 37.2 Å². The number of ether oxygens (including phenoxy) is 1. The van der Waals surface area contributed by atoms with Crippen molar-refractivity contribution in [3.63, 3.8) is 0 Å². The van der Waals surface area contributed by atoms with E-state index in [-0.39, 0.29) is 17.4 Å². The van der Waals surface area contributed by atoms with Crippen LogP contribution in [0.2, 0.25) is 0 Å². The lowest BCUT2D eigenvalue weighted by molar-refractivity contribution is 0.0782. The molecule has 1 amide bonds.